The van der Waals surface area contributed by atoms with Crippen molar-refractivity contribution in [1.82, 2.24) is 0 Å². The second-order valence-electron chi connectivity index (χ2n) is 6.82. The van der Waals surface area contributed by atoms with Crippen LogP contribution < -0.4 is 0 Å². The van der Waals surface area contributed by atoms with E-state index in [1.807, 2.05) is 0 Å². The highest BCUT2D eigenvalue weighted by molar-refractivity contribution is 6.05. The minimum absolute atomic E-state index is 0.0302. The number of carbonyl (C=O) groups is 2. The van der Waals surface area contributed by atoms with Gasteiger partial charge >= 0.3 is 0 Å². The SMILES string of the molecule is CC(C)=CCC/C(C)=C(\C(=O)C(C)C=O)C1CC=C(C)CC1. The van der Waals surface area contributed by atoms with Gasteiger partial charge in [0.15, 0.2) is 5.78 Å². The molecule has 0 fully saturated rings. The third-order valence-corrected chi connectivity index (χ3v) is 4.46. The van der Waals surface area contributed by atoms with Gasteiger partial charge in [-0.25, -0.2) is 0 Å². The second-order valence-corrected chi connectivity index (χ2v) is 6.82. The van der Waals surface area contributed by atoms with Crippen molar-refractivity contribution in [3.8, 4) is 0 Å². The average molecular weight is 302 g/mol. The number of carbonyl (C=O) groups excluding carboxylic acids is 2. The summed E-state index contributed by atoms with van der Waals surface area (Å²) in [6.45, 7) is 10.1. The lowest BCUT2D eigenvalue weighted by Gasteiger charge is -2.25. The zero-order valence-electron chi connectivity index (χ0n) is 14.7. The van der Waals surface area contributed by atoms with E-state index in [2.05, 4.69) is 39.8 Å². The van der Waals surface area contributed by atoms with Crippen molar-refractivity contribution in [3.05, 3.63) is 34.4 Å². The fourth-order valence-corrected chi connectivity index (χ4v) is 3.01. The first-order valence-electron chi connectivity index (χ1n) is 8.35. The van der Waals surface area contributed by atoms with Crippen LogP contribution in [0, 0.1) is 11.8 Å². The lowest BCUT2D eigenvalue weighted by atomic mass is 9.78. The summed E-state index contributed by atoms with van der Waals surface area (Å²) in [6, 6.07) is 0. The normalized spacial score (nSPS) is 20.6. The van der Waals surface area contributed by atoms with Gasteiger partial charge in [0.1, 0.15) is 6.29 Å². The van der Waals surface area contributed by atoms with Gasteiger partial charge in [-0.05, 0) is 78.2 Å². The Balaban J connectivity index is 3.02. The fraction of sp³-hybridized carbons (Fsp3) is 0.600. The average Bonchev–Trinajstić information content (AvgIpc) is 2.48. The Kier molecular flexibility index (Phi) is 7.50. The summed E-state index contributed by atoms with van der Waals surface area (Å²) in [5.41, 5.74) is 4.80. The summed E-state index contributed by atoms with van der Waals surface area (Å²) in [7, 11) is 0. The van der Waals surface area contributed by atoms with E-state index in [0.717, 1.165) is 49.5 Å². The number of hydrogen-bond donors (Lipinski definition) is 0. The molecule has 0 N–H and O–H groups in total. The van der Waals surface area contributed by atoms with Gasteiger partial charge in [0.05, 0.1) is 5.92 Å². The molecule has 0 heterocycles. The standard InChI is InChI=1S/C20H30O2/c1-14(2)7-6-8-16(4)19(20(22)17(5)13-21)18-11-9-15(3)10-12-18/h7,9,13,17-18H,6,8,10-12H2,1-5H3/b19-16-. The van der Waals surface area contributed by atoms with Crippen LogP contribution in [0.25, 0.3) is 0 Å². The number of Topliss-reactive ketones (excluding diaryl/α,β-unsaturated/α-hetero) is 1. The molecular formula is C20H30O2. The first-order valence-corrected chi connectivity index (χ1v) is 8.35. The maximum atomic E-state index is 12.7. The second kappa shape index (κ2) is 8.87. The van der Waals surface area contributed by atoms with Crippen molar-refractivity contribution in [2.45, 2.75) is 66.7 Å². The van der Waals surface area contributed by atoms with Crippen LogP contribution >= 0.6 is 0 Å². The Hall–Kier alpha value is -1.44. The van der Waals surface area contributed by atoms with Gasteiger partial charge in [-0.15, -0.1) is 0 Å². The van der Waals surface area contributed by atoms with Crippen LogP contribution in [0.1, 0.15) is 66.7 Å². The van der Waals surface area contributed by atoms with Gasteiger partial charge in [-0.2, -0.15) is 0 Å². The van der Waals surface area contributed by atoms with E-state index in [-0.39, 0.29) is 11.7 Å². The van der Waals surface area contributed by atoms with E-state index in [4.69, 9.17) is 0 Å². The summed E-state index contributed by atoms with van der Waals surface area (Å²) < 4.78 is 0. The molecule has 0 aliphatic heterocycles. The molecule has 0 saturated carbocycles. The molecule has 0 aromatic rings. The summed E-state index contributed by atoms with van der Waals surface area (Å²) in [5, 5.41) is 0. The molecule has 0 radical (unpaired) electrons. The zero-order chi connectivity index (χ0) is 16.7. The van der Waals surface area contributed by atoms with E-state index >= 15 is 0 Å². The minimum Gasteiger partial charge on any atom is -0.303 e. The molecule has 22 heavy (non-hydrogen) atoms. The number of hydrogen-bond acceptors (Lipinski definition) is 2. The van der Waals surface area contributed by atoms with E-state index in [1.165, 1.54) is 11.1 Å². The maximum absolute atomic E-state index is 12.7. The third-order valence-electron chi connectivity index (χ3n) is 4.46. The van der Waals surface area contributed by atoms with E-state index in [9.17, 15) is 9.59 Å². The third kappa shape index (κ3) is 5.40. The predicted molar refractivity (Wildman–Crippen MR) is 92.7 cm³/mol. The summed E-state index contributed by atoms with van der Waals surface area (Å²) in [6.07, 6.45) is 10.1. The van der Waals surface area contributed by atoms with Gasteiger partial charge in [0.2, 0.25) is 0 Å². The topological polar surface area (TPSA) is 34.1 Å². The maximum Gasteiger partial charge on any atom is 0.168 e. The van der Waals surface area contributed by atoms with Crippen LogP contribution in [-0.4, -0.2) is 12.1 Å². The van der Waals surface area contributed by atoms with Crippen LogP contribution in [0.3, 0.4) is 0 Å². The molecule has 0 saturated heterocycles. The van der Waals surface area contributed by atoms with Gasteiger partial charge in [-0.1, -0.05) is 28.9 Å². The molecule has 1 aliphatic rings. The Morgan fingerprint density at radius 2 is 2.05 bits per heavy atom. The molecule has 0 aromatic heterocycles. The molecule has 1 rings (SSSR count). The van der Waals surface area contributed by atoms with Gasteiger partial charge in [-0.3, -0.25) is 4.79 Å². The van der Waals surface area contributed by atoms with Crippen molar-refractivity contribution in [1.29, 1.82) is 0 Å². The van der Waals surface area contributed by atoms with E-state index in [0.29, 0.717) is 0 Å². The lowest BCUT2D eigenvalue weighted by Crippen LogP contribution is -2.23. The van der Waals surface area contributed by atoms with Crippen LogP contribution in [0.4, 0.5) is 0 Å². The smallest absolute Gasteiger partial charge is 0.168 e. The molecule has 0 aromatic carbocycles. The van der Waals surface area contributed by atoms with Crippen molar-refractivity contribution in [2.75, 3.05) is 0 Å². The van der Waals surface area contributed by atoms with Gasteiger partial charge in [0.25, 0.3) is 0 Å². The number of allylic oxidation sites excluding steroid dienone is 6. The highest BCUT2D eigenvalue weighted by atomic mass is 16.1. The first-order chi connectivity index (χ1) is 10.4. The molecule has 0 bridgehead atoms. The number of aldehydes is 1. The molecule has 1 aliphatic carbocycles. The van der Waals surface area contributed by atoms with Crippen LogP contribution in [-0.2, 0) is 9.59 Å². The van der Waals surface area contributed by atoms with Crippen LogP contribution in [0.5, 0.6) is 0 Å². The Morgan fingerprint density at radius 3 is 2.55 bits per heavy atom. The largest absolute Gasteiger partial charge is 0.303 e. The van der Waals surface area contributed by atoms with Crippen LogP contribution in [0.15, 0.2) is 34.4 Å². The Labute approximate surface area is 135 Å². The quantitative estimate of drug-likeness (QED) is 0.280. The van der Waals surface area contributed by atoms with E-state index in [1.54, 1.807) is 6.92 Å². The summed E-state index contributed by atoms with van der Waals surface area (Å²) in [5.74, 6) is -0.214. The minimum atomic E-state index is -0.527. The molecule has 122 valence electrons. The first kappa shape index (κ1) is 18.6. The van der Waals surface area contributed by atoms with Crippen molar-refractivity contribution >= 4 is 12.1 Å². The molecule has 0 spiro atoms. The molecule has 0 amide bonds. The van der Waals surface area contributed by atoms with Gasteiger partial charge < -0.3 is 4.79 Å². The summed E-state index contributed by atoms with van der Waals surface area (Å²) in [4.78, 5) is 23.7. The van der Waals surface area contributed by atoms with Crippen molar-refractivity contribution in [2.24, 2.45) is 11.8 Å². The predicted octanol–water partition coefficient (Wildman–Crippen LogP) is 5.20. The molecule has 2 unspecified atom stereocenters. The fourth-order valence-electron chi connectivity index (χ4n) is 3.01. The number of rotatable bonds is 7. The van der Waals surface area contributed by atoms with Crippen molar-refractivity contribution < 1.29 is 9.59 Å². The molecule has 2 atom stereocenters. The Bertz CT molecular complexity index is 502. The molecule has 2 heteroatoms. The molecule has 2 nitrogen and oxygen atoms in total. The highest BCUT2D eigenvalue weighted by Gasteiger charge is 2.27. The monoisotopic (exact) mass is 302 g/mol. The van der Waals surface area contributed by atoms with Crippen LogP contribution in [0.2, 0.25) is 0 Å². The summed E-state index contributed by atoms with van der Waals surface area (Å²) >= 11 is 0. The number of ketones is 1. The molecular weight excluding hydrogens is 272 g/mol. The van der Waals surface area contributed by atoms with Gasteiger partial charge in [0, 0.05) is 0 Å². The van der Waals surface area contributed by atoms with Crippen molar-refractivity contribution in [3.63, 3.8) is 0 Å². The van der Waals surface area contributed by atoms with E-state index < -0.39 is 5.92 Å². The lowest BCUT2D eigenvalue weighted by molar-refractivity contribution is -0.124. The Morgan fingerprint density at radius 1 is 1.36 bits per heavy atom. The zero-order valence-corrected chi connectivity index (χ0v) is 14.7. The highest BCUT2D eigenvalue weighted by Crippen LogP contribution is 2.33.